The molecule has 25 heavy (non-hydrogen) atoms. The zero-order chi connectivity index (χ0) is 17.6. The van der Waals surface area contributed by atoms with Crippen LogP contribution in [0.25, 0.3) is 11.0 Å². The first-order valence-corrected chi connectivity index (χ1v) is 9.39. The molecule has 136 valence electrons. The monoisotopic (exact) mass is 343 g/mol. The molecule has 0 spiro atoms. The van der Waals surface area contributed by atoms with Crippen molar-refractivity contribution in [2.24, 2.45) is 7.05 Å². The van der Waals surface area contributed by atoms with Crippen LogP contribution < -0.4 is 21.3 Å². The van der Waals surface area contributed by atoms with Gasteiger partial charge in [-0.05, 0) is 50.8 Å². The number of aryl methyl sites for hydroxylation is 1. The highest BCUT2D eigenvalue weighted by Gasteiger charge is 2.30. The molecular formula is C19H29N5O. The molecule has 0 amide bonds. The number of imidazole rings is 1. The lowest BCUT2D eigenvalue weighted by Gasteiger charge is -2.37. The molecule has 1 atom stereocenters. The maximum absolute atomic E-state index is 13.0. The predicted molar refractivity (Wildman–Crippen MR) is 102 cm³/mol. The smallest absolute Gasteiger partial charge is 0.313 e. The van der Waals surface area contributed by atoms with Crippen LogP contribution in [0, 0.1) is 0 Å². The van der Waals surface area contributed by atoms with Crippen molar-refractivity contribution in [2.75, 3.05) is 37.7 Å². The second-order valence-electron chi connectivity index (χ2n) is 8.07. The highest BCUT2D eigenvalue weighted by Crippen LogP contribution is 2.35. The molecule has 0 bridgehead atoms. The summed E-state index contributed by atoms with van der Waals surface area (Å²) in [5.74, 6) is 0.490. The van der Waals surface area contributed by atoms with E-state index in [9.17, 15) is 4.79 Å². The first kappa shape index (κ1) is 16.7. The van der Waals surface area contributed by atoms with Gasteiger partial charge in [0.2, 0.25) is 0 Å². The number of para-hydroxylation sites is 1. The van der Waals surface area contributed by atoms with Crippen LogP contribution in [0.5, 0.6) is 0 Å². The topological polar surface area (TPSA) is 54.2 Å². The van der Waals surface area contributed by atoms with E-state index in [-0.39, 0.29) is 11.2 Å². The molecule has 6 nitrogen and oxygen atoms in total. The van der Waals surface area contributed by atoms with Gasteiger partial charge in [-0.1, -0.05) is 12.1 Å². The largest absolute Gasteiger partial charge is 0.347 e. The predicted octanol–water partition coefficient (Wildman–Crippen LogP) is 1.13. The lowest BCUT2D eigenvalue weighted by atomic mass is 9.80. The quantitative estimate of drug-likeness (QED) is 0.858. The molecule has 4 rings (SSSR count). The third-order valence-corrected chi connectivity index (χ3v) is 5.75. The summed E-state index contributed by atoms with van der Waals surface area (Å²) in [5.41, 5.74) is 3.68. The Morgan fingerprint density at radius 1 is 1.16 bits per heavy atom. The maximum atomic E-state index is 13.0. The van der Waals surface area contributed by atoms with Gasteiger partial charge in [-0.15, -0.1) is 0 Å². The Hall–Kier alpha value is -1.79. The Balaban J connectivity index is 1.83. The lowest BCUT2D eigenvalue weighted by Crippen LogP contribution is -2.52. The summed E-state index contributed by atoms with van der Waals surface area (Å²) in [6.07, 6.45) is 2.22. The maximum Gasteiger partial charge on any atom is 0.347 e. The van der Waals surface area contributed by atoms with E-state index in [1.54, 1.807) is 0 Å². The highest BCUT2D eigenvalue weighted by atomic mass is 16.2. The number of nitrogens with zero attached hydrogens (tertiary/aromatic N) is 3. The fourth-order valence-electron chi connectivity index (χ4n) is 4.52. The molecule has 2 saturated heterocycles. The van der Waals surface area contributed by atoms with E-state index in [0.717, 1.165) is 56.6 Å². The van der Waals surface area contributed by atoms with Gasteiger partial charge >= 0.3 is 5.69 Å². The molecular weight excluding hydrogens is 314 g/mol. The van der Waals surface area contributed by atoms with Crippen molar-refractivity contribution >= 4 is 11.0 Å². The minimum Gasteiger partial charge on any atom is -0.313 e. The van der Waals surface area contributed by atoms with Crippen molar-refractivity contribution in [1.29, 1.82) is 0 Å². The van der Waals surface area contributed by atoms with Crippen LogP contribution in [0.15, 0.2) is 23.0 Å². The van der Waals surface area contributed by atoms with Gasteiger partial charge in [-0.2, -0.15) is 0 Å². The van der Waals surface area contributed by atoms with Crippen molar-refractivity contribution in [3.63, 3.8) is 0 Å². The number of benzene rings is 1. The van der Waals surface area contributed by atoms with Crippen molar-refractivity contribution in [3.05, 3.63) is 34.2 Å². The van der Waals surface area contributed by atoms with E-state index in [4.69, 9.17) is 0 Å². The third-order valence-electron chi connectivity index (χ3n) is 5.75. The SMILES string of the molecule is Cn1c(=O)n(N2CCNCC2)c2cccc([C@H]3CCNC(C)(C)C3)c21. The van der Waals surface area contributed by atoms with E-state index in [1.165, 1.54) is 5.56 Å². The Morgan fingerprint density at radius 2 is 1.92 bits per heavy atom. The third kappa shape index (κ3) is 2.87. The van der Waals surface area contributed by atoms with Gasteiger partial charge in [0.25, 0.3) is 0 Å². The van der Waals surface area contributed by atoms with Gasteiger partial charge in [-0.25, -0.2) is 9.47 Å². The summed E-state index contributed by atoms with van der Waals surface area (Å²) in [4.78, 5) is 13.0. The lowest BCUT2D eigenvalue weighted by molar-refractivity contribution is 0.276. The summed E-state index contributed by atoms with van der Waals surface area (Å²) in [6, 6.07) is 6.43. The normalized spacial score (nSPS) is 24.0. The van der Waals surface area contributed by atoms with Gasteiger partial charge in [-0.3, -0.25) is 4.57 Å². The summed E-state index contributed by atoms with van der Waals surface area (Å²) < 4.78 is 3.74. The number of nitrogens with one attached hydrogen (secondary N) is 2. The number of aromatic nitrogens is 2. The number of hydrogen-bond donors (Lipinski definition) is 2. The standard InChI is InChI=1S/C19H29N5O/c1-19(2)13-14(7-8-21-19)15-5-4-6-16-17(15)22(3)18(25)24(16)23-11-9-20-10-12-23/h4-6,14,20-21H,7-13H2,1-3H3/t14-/m0/s1. The Bertz CT molecular complexity index is 828. The number of fused-ring (bicyclic) bond motifs is 1. The molecule has 0 radical (unpaired) electrons. The van der Waals surface area contributed by atoms with Crippen LogP contribution in [-0.2, 0) is 7.05 Å². The van der Waals surface area contributed by atoms with Crippen LogP contribution in [-0.4, -0.2) is 47.5 Å². The van der Waals surface area contributed by atoms with Crippen molar-refractivity contribution in [3.8, 4) is 0 Å². The fourth-order valence-corrected chi connectivity index (χ4v) is 4.52. The van der Waals surface area contributed by atoms with Gasteiger partial charge < -0.3 is 15.6 Å². The van der Waals surface area contributed by atoms with Crippen LogP contribution in [0.3, 0.4) is 0 Å². The van der Waals surface area contributed by atoms with E-state index in [0.29, 0.717) is 5.92 Å². The van der Waals surface area contributed by atoms with E-state index in [2.05, 4.69) is 47.7 Å². The second-order valence-corrected chi connectivity index (χ2v) is 8.07. The van der Waals surface area contributed by atoms with E-state index in [1.807, 2.05) is 16.3 Å². The molecule has 0 aliphatic carbocycles. The van der Waals surface area contributed by atoms with E-state index >= 15 is 0 Å². The number of hydrogen-bond acceptors (Lipinski definition) is 4. The second kappa shape index (κ2) is 6.18. The number of piperazine rings is 1. The first-order chi connectivity index (χ1) is 12.0. The van der Waals surface area contributed by atoms with Crippen LogP contribution >= 0.6 is 0 Å². The zero-order valence-electron chi connectivity index (χ0n) is 15.5. The van der Waals surface area contributed by atoms with Crippen molar-refractivity contribution in [1.82, 2.24) is 19.9 Å². The molecule has 2 aliphatic heterocycles. The molecule has 1 aromatic carbocycles. The van der Waals surface area contributed by atoms with Crippen LogP contribution in [0.2, 0.25) is 0 Å². The molecule has 2 fully saturated rings. The number of piperidine rings is 1. The van der Waals surface area contributed by atoms with Gasteiger partial charge in [0.05, 0.1) is 11.0 Å². The molecule has 0 unspecified atom stereocenters. The highest BCUT2D eigenvalue weighted by molar-refractivity contribution is 5.81. The van der Waals surface area contributed by atoms with Gasteiger partial charge in [0.15, 0.2) is 0 Å². The van der Waals surface area contributed by atoms with E-state index < -0.39 is 0 Å². The van der Waals surface area contributed by atoms with Crippen LogP contribution in [0.1, 0.15) is 38.2 Å². The Morgan fingerprint density at radius 3 is 2.64 bits per heavy atom. The van der Waals surface area contributed by atoms with Crippen molar-refractivity contribution < 1.29 is 0 Å². The minimum atomic E-state index is 0.0672. The molecule has 2 aromatic rings. The van der Waals surface area contributed by atoms with Crippen molar-refractivity contribution in [2.45, 2.75) is 38.1 Å². The summed E-state index contributed by atoms with van der Waals surface area (Å²) in [5, 5.41) is 9.14. The Labute approximate surface area is 148 Å². The average Bonchev–Trinajstić information content (AvgIpc) is 2.86. The molecule has 6 heteroatoms. The summed E-state index contributed by atoms with van der Waals surface area (Å²) in [7, 11) is 1.92. The number of rotatable bonds is 2. The van der Waals surface area contributed by atoms with Gasteiger partial charge in [0, 0.05) is 38.8 Å². The molecule has 2 aliphatic rings. The fraction of sp³-hybridized carbons (Fsp3) is 0.632. The first-order valence-electron chi connectivity index (χ1n) is 9.39. The van der Waals surface area contributed by atoms with Gasteiger partial charge in [0.1, 0.15) is 0 Å². The average molecular weight is 343 g/mol. The zero-order valence-corrected chi connectivity index (χ0v) is 15.5. The minimum absolute atomic E-state index is 0.0672. The summed E-state index contributed by atoms with van der Waals surface area (Å²) >= 11 is 0. The molecule has 1 aromatic heterocycles. The molecule has 0 saturated carbocycles. The Kier molecular flexibility index (Phi) is 4.12. The molecule has 2 N–H and O–H groups in total. The van der Waals surface area contributed by atoms with Crippen LogP contribution in [0.4, 0.5) is 0 Å². The summed E-state index contributed by atoms with van der Waals surface area (Å²) in [6.45, 7) is 9.14. The molecule has 3 heterocycles.